The topological polar surface area (TPSA) is 46.2 Å². The van der Waals surface area contributed by atoms with Crippen molar-refractivity contribution >= 4 is 21.6 Å². The first-order valence-electron chi connectivity index (χ1n) is 4.45. The average Bonchev–Trinajstić information content (AvgIpc) is 1.98. The first kappa shape index (κ1) is 13.3. The molecule has 0 aliphatic heterocycles. The third-order valence-corrected chi connectivity index (χ3v) is 3.92. The fraction of sp³-hybridized carbons (Fsp3) is 1.00. The van der Waals surface area contributed by atoms with Crippen molar-refractivity contribution in [1.82, 2.24) is 5.32 Å². The standard InChI is InChI=1S/C8H19NO2S2/c1-4-9-7-8(2)12-5-6-13(3,10)11/h8-9H,4-7H2,1-3H3. The summed E-state index contributed by atoms with van der Waals surface area (Å²) in [5.74, 6) is 0.986. The third-order valence-electron chi connectivity index (χ3n) is 1.54. The molecule has 0 spiro atoms. The van der Waals surface area contributed by atoms with Crippen LogP contribution in [-0.2, 0) is 9.84 Å². The molecule has 0 saturated heterocycles. The van der Waals surface area contributed by atoms with E-state index in [-0.39, 0.29) is 5.75 Å². The summed E-state index contributed by atoms with van der Waals surface area (Å²) >= 11 is 1.70. The smallest absolute Gasteiger partial charge is 0.148 e. The van der Waals surface area contributed by atoms with Crippen LogP contribution in [0.15, 0.2) is 0 Å². The highest BCUT2D eigenvalue weighted by Gasteiger charge is 2.05. The monoisotopic (exact) mass is 225 g/mol. The molecule has 0 aromatic heterocycles. The molecule has 80 valence electrons. The molecule has 0 heterocycles. The van der Waals surface area contributed by atoms with Gasteiger partial charge in [0.05, 0.1) is 5.75 Å². The molecule has 0 aliphatic rings. The van der Waals surface area contributed by atoms with Crippen LogP contribution in [0.3, 0.4) is 0 Å². The third kappa shape index (κ3) is 10.2. The maximum Gasteiger partial charge on any atom is 0.148 e. The van der Waals surface area contributed by atoms with Crippen molar-refractivity contribution in [2.75, 3.05) is 30.9 Å². The molecule has 0 aromatic carbocycles. The molecule has 0 rings (SSSR count). The van der Waals surface area contributed by atoms with Crippen molar-refractivity contribution in [2.45, 2.75) is 19.1 Å². The molecular formula is C8H19NO2S2. The van der Waals surface area contributed by atoms with Crippen molar-refractivity contribution in [3.05, 3.63) is 0 Å². The van der Waals surface area contributed by atoms with Gasteiger partial charge in [-0.15, -0.1) is 0 Å². The van der Waals surface area contributed by atoms with Gasteiger partial charge in [0.15, 0.2) is 0 Å². The summed E-state index contributed by atoms with van der Waals surface area (Å²) in [4.78, 5) is 0. The Labute approximate surface area is 85.6 Å². The van der Waals surface area contributed by atoms with Gasteiger partial charge in [0.1, 0.15) is 9.84 Å². The molecule has 0 bridgehead atoms. The van der Waals surface area contributed by atoms with Gasteiger partial charge in [0.25, 0.3) is 0 Å². The quantitative estimate of drug-likeness (QED) is 0.695. The van der Waals surface area contributed by atoms with Crippen molar-refractivity contribution < 1.29 is 8.42 Å². The van der Waals surface area contributed by atoms with Gasteiger partial charge in [0.2, 0.25) is 0 Å². The molecule has 13 heavy (non-hydrogen) atoms. The lowest BCUT2D eigenvalue weighted by Crippen LogP contribution is -2.23. The van der Waals surface area contributed by atoms with Crippen LogP contribution in [0.25, 0.3) is 0 Å². The minimum Gasteiger partial charge on any atom is -0.316 e. The number of rotatable bonds is 7. The number of hydrogen-bond donors (Lipinski definition) is 1. The molecule has 5 heteroatoms. The Morgan fingerprint density at radius 3 is 2.54 bits per heavy atom. The highest BCUT2D eigenvalue weighted by Crippen LogP contribution is 2.09. The molecule has 1 N–H and O–H groups in total. The van der Waals surface area contributed by atoms with E-state index in [2.05, 4.69) is 19.2 Å². The van der Waals surface area contributed by atoms with Crippen molar-refractivity contribution in [3.8, 4) is 0 Å². The molecule has 0 radical (unpaired) electrons. The van der Waals surface area contributed by atoms with Gasteiger partial charge in [-0.05, 0) is 6.54 Å². The van der Waals surface area contributed by atoms with E-state index >= 15 is 0 Å². The molecule has 0 amide bonds. The fourth-order valence-electron chi connectivity index (χ4n) is 0.807. The first-order valence-corrected chi connectivity index (χ1v) is 7.56. The van der Waals surface area contributed by atoms with E-state index in [1.54, 1.807) is 11.8 Å². The zero-order valence-electron chi connectivity index (χ0n) is 8.54. The Balaban J connectivity index is 3.42. The Kier molecular flexibility index (Phi) is 6.81. The predicted octanol–water partition coefficient (Wildman–Crippen LogP) is 0.762. The maximum atomic E-state index is 10.8. The van der Waals surface area contributed by atoms with Gasteiger partial charge in [-0.3, -0.25) is 0 Å². The highest BCUT2D eigenvalue weighted by atomic mass is 32.2. The van der Waals surface area contributed by atoms with Crippen LogP contribution in [0, 0.1) is 0 Å². The first-order chi connectivity index (χ1) is 5.95. The molecule has 3 nitrogen and oxygen atoms in total. The van der Waals surface area contributed by atoms with Crippen LogP contribution in [0.1, 0.15) is 13.8 Å². The summed E-state index contributed by atoms with van der Waals surface area (Å²) in [5.41, 5.74) is 0. The fourth-order valence-corrected chi connectivity index (χ4v) is 3.04. The van der Waals surface area contributed by atoms with Crippen LogP contribution in [0.2, 0.25) is 0 Å². The second kappa shape index (κ2) is 6.68. The molecule has 0 aliphatic carbocycles. The van der Waals surface area contributed by atoms with Gasteiger partial charge in [-0.1, -0.05) is 13.8 Å². The van der Waals surface area contributed by atoms with E-state index in [0.29, 0.717) is 11.0 Å². The van der Waals surface area contributed by atoms with Crippen LogP contribution in [0.5, 0.6) is 0 Å². The lowest BCUT2D eigenvalue weighted by Gasteiger charge is -2.10. The average molecular weight is 225 g/mol. The van der Waals surface area contributed by atoms with Gasteiger partial charge in [0, 0.05) is 23.8 Å². The van der Waals surface area contributed by atoms with E-state index in [0.717, 1.165) is 13.1 Å². The largest absolute Gasteiger partial charge is 0.316 e. The van der Waals surface area contributed by atoms with Gasteiger partial charge < -0.3 is 5.32 Å². The number of sulfone groups is 1. The Morgan fingerprint density at radius 2 is 2.08 bits per heavy atom. The van der Waals surface area contributed by atoms with E-state index in [9.17, 15) is 8.42 Å². The SMILES string of the molecule is CCNCC(C)SCCS(C)(=O)=O. The molecular weight excluding hydrogens is 206 g/mol. The zero-order chi connectivity index (χ0) is 10.3. The number of hydrogen-bond acceptors (Lipinski definition) is 4. The van der Waals surface area contributed by atoms with Crippen molar-refractivity contribution in [1.29, 1.82) is 0 Å². The minimum atomic E-state index is -2.78. The molecule has 0 fully saturated rings. The Morgan fingerprint density at radius 1 is 1.46 bits per heavy atom. The number of thioether (sulfide) groups is 1. The van der Waals surface area contributed by atoms with Crippen molar-refractivity contribution in [3.63, 3.8) is 0 Å². The number of nitrogens with one attached hydrogen (secondary N) is 1. The lowest BCUT2D eigenvalue weighted by atomic mass is 10.5. The summed E-state index contributed by atoms with van der Waals surface area (Å²) in [6, 6.07) is 0. The molecule has 1 unspecified atom stereocenters. The molecule has 0 aromatic rings. The summed E-state index contributed by atoms with van der Waals surface area (Å²) in [6.07, 6.45) is 1.28. The van der Waals surface area contributed by atoms with Crippen LogP contribution < -0.4 is 5.32 Å². The van der Waals surface area contributed by atoms with E-state index < -0.39 is 9.84 Å². The van der Waals surface area contributed by atoms with E-state index in [1.807, 2.05) is 0 Å². The van der Waals surface area contributed by atoms with Gasteiger partial charge >= 0.3 is 0 Å². The molecule has 1 atom stereocenters. The second-order valence-electron chi connectivity index (χ2n) is 3.12. The zero-order valence-corrected chi connectivity index (χ0v) is 10.2. The van der Waals surface area contributed by atoms with Crippen LogP contribution in [0.4, 0.5) is 0 Å². The normalized spacial score (nSPS) is 14.4. The summed E-state index contributed by atoms with van der Waals surface area (Å²) in [6.45, 7) is 6.09. The Bertz CT molecular complexity index is 214. The Hall–Kier alpha value is 0.260. The minimum absolute atomic E-state index is 0.286. The summed E-state index contributed by atoms with van der Waals surface area (Å²) < 4.78 is 21.6. The van der Waals surface area contributed by atoms with E-state index in [4.69, 9.17) is 0 Å². The van der Waals surface area contributed by atoms with Gasteiger partial charge in [-0.2, -0.15) is 11.8 Å². The lowest BCUT2D eigenvalue weighted by molar-refractivity contribution is 0.603. The second-order valence-corrected chi connectivity index (χ2v) is 6.93. The highest BCUT2D eigenvalue weighted by molar-refractivity contribution is 8.01. The van der Waals surface area contributed by atoms with Crippen molar-refractivity contribution in [2.24, 2.45) is 0 Å². The molecule has 0 saturated carbocycles. The summed E-state index contributed by atoms with van der Waals surface area (Å²) in [7, 11) is -2.78. The van der Waals surface area contributed by atoms with E-state index in [1.165, 1.54) is 6.26 Å². The predicted molar refractivity (Wildman–Crippen MR) is 60.2 cm³/mol. The maximum absolute atomic E-state index is 10.8. The van der Waals surface area contributed by atoms with Crippen LogP contribution >= 0.6 is 11.8 Å². The summed E-state index contributed by atoms with van der Waals surface area (Å²) in [5, 5.41) is 3.71. The van der Waals surface area contributed by atoms with Crippen LogP contribution in [-0.4, -0.2) is 44.5 Å². The van der Waals surface area contributed by atoms with Gasteiger partial charge in [-0.25, -0.2) is 8.42 Å².